The number of benzene rings is 1. The lowest BCUT2D eigenvalue weighted by atomic mass is 10.3. The van der Waals surface area contributed by atoms with Crippen LogP contribution in [0.1, 0.15) is 16.3 Å². The number of amides is 1. The molecule has 0 saturated carbocycles. The second-order valence-corrected chi connectivity index (χ2v) is 8.44. The molecule has 1 aromatic carbocycles. The van der Waals surface area contributed by atoms with Crippen molar-refractivity contribution < 1.29 is 22.0 Å². The Morgan fingerprint density at radius 1 is 1.07 bits per heavy atom. The van der Waals surface area contributed by atoms with Crippen LogP contribution in [0.2, 0.25) is 0 Å². The van der Waals surface area contributed by atoms with E-state index in [0.717, 1.165) is 22.1 Å². The van der Waals surface area contributed by atoms with Crippen LogP contribution in [0.5, 0.6) is 0 Å². The van der Waals surface area contributed by atoms with Gasteiger partial charge in [0.1, 0.15) is 0 Å². The number of hydrogen-bond acceptors (Lipinski definition) is 6. The van der Waals surface area contributed by atoms with E-state index in [1.165, 1.54) is 9.42 Å². The van der Waals surface area contributed by atoms with Crippen molar-refractivity contribution in [3.8, 4) is 0 Å². The summed E-state index contributed by atoms with van der Waals surface area (Å²) in [5.41, 5.74) is 0.768. The third kappa shape index (κ3) is 3.44. The lowest BCUT2D eigenvalue weighted by Crippen LogP contribution is -2.50. The highest BCUT2D eigenvalue weighted by Gasteiger charge is 2.32. The number of carbonyl (C=O) groups excluding carboxylic acids is 1. The first-order valence-electron chi connectivity index (χ1n) is 8.70. The number of rotatable bonds is 3. The molecule has 1 aliphatic heterocycles. The minimum Gasteiger partial charge on any atom is -0.333 e. The molecule has 29 heavy (non-hydrogen) atoms. The molecule has 0 spiro atoms. The van der Waals surface area contributed by atoms with Gasteiger partial charge in [-0.05, 0) is 31.2 Å². The summed E-state index contributed by atoms with van der Waals surface area (Å²) < 4.78 is 54.4. The van der Waals surface area contributed by atoms with Gasteiger partial charge in [0, 0.05) is 38.1 Å². The van der Waals surface area contributed by atoms with E-state index in [1.807, 2.05) is 0 Å². The van der Waals surface area contributed by atoms with Crippen molar-refractivity contribution in [3.63, 3.8) is 0 Å². The molecule has 0 atom stereocenters. The second-order valence-electron chi connectivity index (χ2n) is 6.51. The molecule has 1 fully saturated rings. The Hall–Kier alpha value is -2.99. The number of hydrogen-bond donors (Lipinski definition) is 0. The number of carbonyl (C=O) groups is 1. The SMILES string of the molecule is Cc1ccnc2nc(C(=O)N3CCN(S(=O)(=O)c4ccc(F)c(F)c4)CC3)nn12. The summed E-state index contributed by atoms with van der Waals surface area (Å²) in [5, 5.41) is 4.16. The van der Waals surface area contributed by atoms with Crippen molar-refractivity contribution in [3.05, 3.63) is 53.6 Å². The molecule has 0 N–H and O–H groups in total. The van der Waals surface area contributed by atoms with E-state index >= 15 is 0 Å². The molecule has 0 bridgehead atoms. The Morgan fingerprint density at radius 3 is 2.45 bits per heavy atom. The van der Waals surface area contributed by atoms with Crippen LogP contribution in [0.4, 0.5) is 8.78 Å². The van der Waals surface area contributed by atoms with Crippen molar-refractivity contribution in [2.24, 2.45) is 0 Å². The third-order valence-corrected chi connectivity index (χ3v) is 6.57. The predicted octanol–water partition coefficient (Wildman–Crippen LogP) is 0.858. The quantitative estimate of drug-likeness (QED) is 0.621. The molecule has 12 heteroatoms. The molecule has 3 heterocycles. The zero-order valence-corrected chi connectivity index (χ0v) is 16.1. The highest BCUT2D eigenvalue weighted by molar-refractivity contribution is 7.89. The molecule has 1 aliphatic rings. The van der Waals surface area contributed by atoms with E-state index in [2.05, 4.69) is 15.1 Å². The first-order chi connectivity index (χ1) is 13.8. The fraction of sp³-hybridized carbons (Fsp3) is 0.294. The second kappa shape index (κ2) is 7.12. The molecule has 0 aliphatic carbocycles. The molecule has 1 saturated heterocycles. The van der Waals surface area contributed by atoms with Gasteiger partial charge in [0.15, 0.2) is 11.6 Å². The van der Waals surface area contributed by atoms with Crippen molar-refractivity contribution in [2.45, 2.75) is 11.8 Å². The Morgan fingerprint density at radius 2 is 1.79 bits per heavy atom. The normalized spacial score (nSPS) is 15.8. The minimum atomic E-state index is -4.00. The molecule has 0 unspecified atom stereocenters. The average molecular weight is 422 g/mol. The zero-order valence-electron chi connectivity index (χ0n) is 15.3. The maximum absolute atomic E-state index is 13.4. The smallest absolute Gasteiger partial charge is 0.293 e. The van der Waals surface area contributed by atoms with E-state index in [-0.39, 0.29) is 36.9 Å². The van der Waals surface area contributed by atoms with E-state index in [9.17, 15) is 22.0 Å². The van der Waals surface area contributed by atoms with E-state index in [0.29, 0.717) is 11.8 Å². The summed E-state index contributed by atoms with van der Waals surface area (Å²) >= 11 is 0. The van der Waals surface area contributed by atoms with Crippen LogP contribution in [-0.2, 0) is 10.0 Å². The van der Waals surface area contributed by atoms with Crippen molar-refractivity contribution in [1.29, 1.82) is 0 Å². The van der Waals surface area contributed by atoms with Crippen LogP contribution in [0.3, 0.4) is 0 Å². The standard InChI is InChI=1S/C17H16F2N6O3S/c1-11-4-5-20-17-21-15(22-25(11)17)16(26)23-6-8-24(9-7-23)29(27,28)12-2-3-13(18)14(19)10-12/h2-5,10H,6-9H2,1H3. The molecule has 3 aromatic rings. The predicted molar refractivity (Wildman–Crippen MR) is 96.5 cm³/mol. The Labute approximate surface area is 164 Å². The number of aromatic nitrogens is 4. The van der Waals surface area contributed by atoms with Gasteiger partial charge in [-0.25, -0.2) is 26.7 Å². The van der Waals surface area contributed by atoms with Crippen LogP contribution in [-0.4, -0.2) is 69.3 Å². The highest BCUT2D eigenvalue weighted by Crippen LogP contribution is 2.20. The lowest BCUT2D eigenvalue weighted by Gasteiger charge is -2.33. The third-order valence-electron chi connectivity index (χ3n) is 4.68. The molecule has 2 aromatic heterocycles. The van der Waals surface area contributed by atoms with Gasteiger partial charge in [-0.3, -0.25) is 4.79 Å². The van der Waals surface area contributed by atoms with Crippen LogP contribution >= 0.6 is 0 Å². The van der Waals surface area contributed by atoms with Crippen molar-refractivity contribution in [1.82, 2.24) is 28.8 Å². The number of aryl methyl sites for hydroxylation is 1. The van der Waals surface area contributed by atoms with Crippen LogP contribution in [0, 0.1) is 18.6 Å². The zero-order chi connectivity index (χ0) is 20.8. The fourth-order valence-corrected chi connectivity index (χ4v) is 4.49. The maximum Gasteiger partial charge on any atom is 0.293 e. The van der Waals surface area contributed by atoms with Gasteiger partial charge in [-0.1, -0.05) is 0 Å². The molecule has 4 rings (SSSR count). The van der Waals surface area contributed by atoms with Gasteiger partial charge in [-0.2, -0.15) is 9.29 Å². The first-order valence-corrected chi connectivity index (χ1v) is 10.1. The van der Waals surface area contributed by atoms with Gasteiger partial charge in [0.25, 0.3) is 11.7 Å². The van der Waals surface area contributed by atoms with Crippen LogP contribution in [0.15, 0.2) is 35.4 Å². The number of sulfonamides is 1. The molecule has 1 amide bonds. The summed E-state index contributed by atoms with van der Waals surface area (Å²) in [6.45, 7) is 2.06. The summed E-state index contributed by atoms with van der Waals surface area (Å²) in [5.74, 6) is -2.51. The van der Waals surface area contributed by atoms with Gasteiger partial charge in [0.2, 0.25) is 15.8 Å². The van der Waals surface area contributed by atoms with E-state index in [1.54, 1.807) is 19.2 Å². The molecular formula is C17H16F2N6O3S. The molecule has 9 nitrogen and oxygen atoms in total. The molecule has 0 radical (unpaired) electrons. The lowest BCUT2D eigenvalue weighted by molar-refractivity contribution is 0.0686. The average Bonchev–Trinajstić information content (AvgIpc) is 3.15. The Bertz CT molecular complexity index is 1210. The maximum atomic E-state index is 13.4. The monoisotopic (exact) mass is 422 g/mol. The summed E-state index contributed by atoms with van der Waals surface area (Å²) in [6, 6.07) is 4.17. The van der Waals surface area contributed by atoms with E-state index in [4.69, 9.17) is 0 Å². The van der Waals surface area contributed by atoms with Crippen molar-refractivity contribution >= 4 is 21.7 Å². The number of piperazine rings is 1. The fourth-order valence-electron chi connectivity index (χ4n) is 3.06. The molecular weight excluding hydrogens is 406 g/mol. The van der Waals surface area contributed by atoms with Crippen LogP contribution in [0.25, 0.3) is 5.78 Å². The van der Waals surface area contributed by atoms with Crippen molar-refractivity contribution in [2.75, 3.05) is 26.2 Å². The number of halogens is 2. The highest BCUT2D eigenvalue weighted by atomic mass is 32.2. The number of fused-ring (bicyclic) bond motifs is 1. The van der Waals surface area contributed by atoms with Gasteiger partial charge in [-0.15, -0.1) is 5.10 Å². The van der Waals surface area contributed by atoms with E-state index < -0.39 is 27.6 Å². The van der Waals surface area contributed by atoms with Crippen LogP contribution < -0.4 is 0 Å². The summed E-state index contributed by atoms with van der Waals surface area (Å²) in [4.78, 5) is 22.0. The Balaban J connectivity index is 1.49. The van der Waals surface area contributed by atoms with Gasteiger partial charge < -0.3 is 4.90 Å². The summed E-state index contributed by atoms with van der Waals surface area (Å²) in [6.07, 6.45) is 1.56. The van der Waals surface area contributed by atoms with Gasteiger partial charge in [0.05, 0.1) is 4.90 Å². The molecule has 152 valence electrons. The number of nitrogens with zero attached hydrogens (tertiary/aromatic N) is 6. The Kier molecular flexibility index (Phi) is 4.74. The topological polar surface area (TPSA) is 101 Å². The first kappa shape index (κ1) is 19.3. The minimum absolute atomic E-state index is 0.0116. The summed E-state index contributed by atoms with van der Waals surface area (Å²) in [7, 11) is -4.00. The largest absolute Gasteiger partial charge is 0.333 e. The van der Waals surface area contributed by atoms with Gasteiger partial charge >= 0.3 is 0 Å².